The zero-order valence-electron chi connectivity index (χ0n) is 12.0. The molecule has 0 radical (unpaired) electrons. The quantitative estimate of drug-likeness (QED) is 0.701. The molecule has 1 amide bonds. The van der Waals surface area contributed by atoms with Gasteiger partial charge < -0.3 is 20.5 Å². The van der Waals surface area contributed by atoms with E-state index in [0.717, 1.165) is 5.56 Å². The second kappa shape index (κ2) is 6.76. The number of anilines is 2. The fraction of sp³-hybridized carbons (Fsp3) is 0.286. The number of methoxy groups -OCH3 is 1. The topological polar surface area (TPSA) is 102 Å². The van der Waals surface area contributed by atoms with Gasteiger partial charge in [-0.15, -0.1) is 0 Å². The van der Waals surface area contributed by atoms with Crippen LogP contribution in [0.4, 0.5) is 11.5 Å². The number of nitrogens with two attached hydrogens (primary N) is 1. The molecule has 0 saturated heterocycles. The molecule has 2 rings (SSSR count). The third-order valence-corrected chi connectivity index (χ3v) is 2.77. The number of ether oxygens (including phenoxy) is 2. The van der Waals surface area contributed by atoms with Crippen LogP contribution in [0, 0.1) is 6.92 Å². The van der Waals surface area contributed by atoms with E-state index in [2.05, 4.69) is 15.5 Å². The second-order valence-electron chi connectivity index (χ2n) is 4.50. The average molecular weight is 290 g/mol. The summed E-state index contributed by atoms with van der Waals surface area (Å²) in [4.78, 5) is 12.1. The predicted octanol–water partition coefficient (Wildman–Crippen LogP) is 1.58. The molecule has 7 heteroatoms. The van der Waals surface area contributed by atoms with Gasteiger partial charge in [-0.25, -0.2) is 0 Å². The number of aromatic amines is 1. The smallest absolute Gasteiger partial charge is 0.273 e. The first kappa shape index (κ1) is 14.9. The minimum atomic E-state index is -0.334. The Morgan fingerprint density at radius 2 is 2.19 bits per heavy atom. The summed E-state index contributed by atoms with van der Waals surface area (Å²) in [7, 11) is 1.60. The van der Waals surface area contributed by atoms with E-state index in [4.69, 9.17) is 15.2 Å². The Hall–Kier alpha value is -2.54. The van der Waals surface area contributed by atoms with Crippen molar-refractivity contribution in [1.82, 2.24) is 10.2 Å². The van der Waals surface area contributed by atoms with Crippen molar-refractivity contribution in [2.75, 3.05) is 31.4 Å². The van der Waals surface area contributed by atoms with Crippen LogP contribution >= 0.6 is 0 Å². The molecular formula is C14H18N4O3. The van der Waals surface area contributed by atoms with Crippen LogP contribution in [-0.4, -0.2) is 36.4 Å². The zero-order chi connectivity index (χ0) is 15.2. The van der Waals surface area contributed by atoms with Gasteiger partial charge in [-0.2, -0.15) is 5.10 Å². The van der Waals surface area contributed by atoms with E-state index < -0.39 is 0 Å². The number of nitrogens with zero attached hydrogens (tertiary/aromatic N) is 1. The van der Waals surface area contributed by atoms with Gasteiger partial charge in [-0.05, 0) is 24.6 Å². The Kier molecular flexibility index (Phi) is 4.78. The van der Waals surface area contributed by atoms with Gasteiger partial charge in [0.2, 0.25) is 0 Å². The summed E-state index contributed by atoms with van der Waals surface area (Å²) >= 11 is 0. The standard InChI is InChI=1S/C14H18N4O3/c1-9-3-4-10(12(7-9)21-6-5-20-2)16-14(19)11-8-13(15)18-17-11/h3-4,7-8H,5-6H2,1-2H3,(H,16,19)(H3,15,17,18). The summed E-state index contributed by atoms with van der Waals surface area (Å²) in [6.07, 6.45) is 0. The molecule has 0 aliphatic carbocycles. The number of aromatic nitrogens is 2. The van der Waals surface area contributed by atoms with E-state index in [1.54, 1.807) is 13.2 Å². The molecular weight excluding hydrogens is 272 g/mol. The van der Waals surface area contributed by atoms with Crippen LogP contribution < -0.4 is 15.8 Å². The number of benzene rings is 1. The Bertz CT molecular complexity index is 624. The van der Waals surface area contributed by atoms with E-state index >= 15 is 0 Å². The molecule has 2 aromatic rings. The van der Waals surface area contributed by atoms with Gasteiger partial charge >= 0.3 is 0 Å². The predicted molar refractivity (Wildman–Crippen MR) is 79.5 cm³/mol. The highest BCUT2D eigenvalue weighted by molar-refractivity contribution is 6.04. The van der Waals surface area contributed by atoms with Gasteiger partial charge in [0, 0.05) is 13.2 Å². The molecule has 1 aromatic carbocycles. The van der Waals surface area contributed by atoms with Crippen molar-refractivity contribution in [2.24, 2.45) is 0 Å². The molecule has 1 heterocycles. The Morgan fingerprint density at radius 3 is 2.86 bits per heavy atom. The highest BCUT2D eigenvalue weighted by Gasteiger charge is 2.12. The Morgan fingerprint density at radius 1 is 1.38 bits per heavy atom. The van der Waals surface area contributed by atoms with Crippen LogP contribution in [0.3, 0.4) is 0 Å². The Balaban J connectivity index is 2.13. The van der Waals surface area contributed by atoms with Crippen molar-refractivity contribution in [3.63, 3.8) is 0 Å². The number of rotatable bonds is 6. The first-order valence-corrected chi connectivity index (χ1v) is 6.45. The van der Waals surface area contributed by atoms with Crippen LogP contribution in [0.5, 0.6) is 5.75 Å². The molecule has 4 N–H and O–H groups in total. The SMILES string of the molecule is COCCOc1cc(C)ccc1NC(=O)c1cc(N)n[nH]1. The largest absolute Gasteiger partial charge is 0.489 e. The summed E-state index contributed by atoms with van der Waals surface area (Å²) in [5, 5.41) is 9.04. The minimum absolute atomic E-state index is 0.264. The lowest BCUT2D eigenvalue weighted by molar-refractivity contribution is 0.102. The summed E-state index contributed by atoms with van der Waals surface area (Å²) in [5.74, 6) is 0.521. The molecule has 0 fully saturated rings. The van der Waals surface area contributed by atoms with Crippen LogP contribution in [-0.2, 0) is 4.74 Å². The van der Waals surface area contributed by atoms with Gasteiger partial charge in [0.05, 0.1) is 12.3 Å². The average Bonchev–Trinajstić information content (AvgIpc) is 2.88. The van der Waals surface area contributed by atoms with Gasteiger partial charge in [0.1, 0.15) is 23.9 Å². The lowest BCUT2D eigenvalue weighted by Crippen LogP contribution is -2.14. The summed E-state index contributed by atoms with van der Waals surface area (Å²) in [5.41, 5.74) is 7.38. The number of aryl methyl sites for hydroxylation is 1. The maximum atomic E-state index is 12.1. The number of hydrogen-bond acceptors (Lipinski definition) is 5. The summed E-state index contributed by atoms with van der Waals surface area (Å²) in [6.45, 7) is 2.82. The van der Waals surface area contributed by atoms with Crippen molar-refractivity contribution in [1.29, 1.82) is 0 Å². The first-order valence-electron chi connectivity index (χ1n) is 6.45. The molecule has 7 nitrogen and oxygen atoms in total. The van der Waals surface area contributed by atoms with Gasteiger partial charge in [0.15, 0.2) is 0 Å². The number of carbonyl (C=O) groups is 1. The molecule has 21 heavy (non-hydrogen) atoms. The number of H-pyrrole nitrogens is 1. The molecule has 0 aliphatic rings. The third-order valence-electron chi connectivity index (χ3n) is 2.77. The van der Waals surface area contributed by atoms with Crippen molar-refractivity contribution < 1.29 is 14.3 Å². The molecule has 1 aromatic heterocycles. The number of hydrogen-bond donors (Lipinski definition) is 3. The van der Waals surface area contributed by atoms with Gasteiger partial charge in [-0.1, -0.05) is 6.07 Å². The van der Waals surface area contributed by atoms with E-state index in [0.29, 0.717) is 24.7 Å². The first-order chi connectivity index (χ1) is 10.1. The molecule has 0 aliphatic heterocycles. The molecule has 0 atom stereocenters. The number of amides is 1. The van der Waals surface area contributed by atoms with Crippen molar-refractivity contribution in [3.05, 3.63) is 35.5 Å². The molecule has 0 unspecified atom stereocenters. The molecule has 112 valence electrons. The third kappa shape index (κ3) is 3.96. The fourth-order valence-corrected chi connectivity index (χ4v) is 1.73. The summed E-state index contributed by atoms with van der Waals surface area (Å²) in [6, 6.07) is 7.00. The monoisotopic (exact) mass is 290 g/mol. The van der Waals surface area contributed by atoms with E-state index in [1.165, 1.54) is 6.07 Å². The molecule has 0 bridgehead atoms. The molecule has 0 saturated carbocycles. The lowest BCUT2D eigenvalue weighted by atomic mass is 10.2. The van der Waals surface area contributed by atoms with E-state index in [1.807, 2.05) is 19.1 Å². The van der Waals surface area contributed by atoms with Crippen molar-refractivity contribution in [3.8, 4) is 5.75 Å². The zero-order valence-corrected chi connectivity index (χ0v) is 12.0. The number of nitrogens with one attached hydrogen (secondary N) is 2. The fourth-order valence-electron chi connectivity index (χ4n) is 1.73. The van der Waals surface area contributed by atoms with Gasteiger partial charge in [-0.3, -0.25) is 9.89 Å². The van der Waals surface area contributed by atoms with E-state index in [9.17, 15) is 4.79 Å². The van der Waals surface area contributed by atoms with Crippen LogP contribution in [0.25, 0.3) is 0 Å². The molecule has 0 spiro atoms. The van der Waals surface area contributed by atoms with E-state index in [-0.39, 0.29) is 17.4 Å². The number of carbonyl (C=O) groups excluding carboxylic acids is 1. The maximum Gasteiger partial charge on any atom is 0.273 e. The maximum absolute atomic E-state index is 12.1. The van der Waals surface area contributed by atoms with Crippen LogP contribution in [0.15, 0.2) is 24.3 Å². The highest BCUT2D eigenvalue weighted by atomic mass is 16.5. The van der Waals surface area contributed by atoms with Crippen molar-refractivity contribution >= 4 is 17.4 Å². The second-order valence-corrected chi connectivity index (χ2v) is 4.50. The lowest BCUT2D eigenvalue weighted by Gasteiger charge is -2.12. The van der Waals surface area contributed by atoms with Gasteiger partial charge in [0.25, 0.3) is 5.91 Å². The Labute approximate surface area is 122 Å². The van der Waals surface area contributed by atoms with Crippen molar-refractivity contribution in [2.45, 2.75) is 6.92 Å². The highest BCUT2D eigenvalue weighted by Crippen LogP contribution is 2.26. The van der Waals surface area contributed by atoms with Crippen LogP contribution in [0.1, 0.15) is 16.1 Å². The van der Waals surface area contributed by atoms with Crippen LogP contribution in [0.2, 0.25) is 0 Å². The summed E-state index contributed by atoms with van der Waals surface area (Å²) < 4.78 is 10.6. The normalized spacial score (nSPS) is 10.4. The minimum Gasteiger partial charge on any atom is -0.489 e. The number of nitrogen functional groups attached to an aromatic ring is 1.